The maximum atomic E-state index is 9.61. The molecule has 3 aromatic rings. The maximum absolute atomic E-state index is 9.61. The summed E-state index contributed by atoms with van der Waals surface area (Å²) in [7, 11) is -0.124. The average molecular weight is 393 g/mol. The zero-order valence-corrected chi connectivity index (χ0v) is 17.6. The van der Waals surface area contributed by atoms with Crippen LogP contribution in [0, 0.1) is 0 Å². The number of hydrogen-bond acceptors (Lipinski definition) is 2. The smallest absolute Gasteiger partial charge is 0.166 e. The van der Waals surface area contributed by atoms with E-state index in [2.05, 4.69) is 104 Å². The van der Waals surface area contributed by atoms with Gasteiger partial charge in [-0.05, 0) is 61.9 Å². The van der Waals surface area contributed by atoms with Crippen LogP contribution in [-0.2, 0) is 17.4 Å². The van der Waals surface area contributed by atoms with E-state index in [1.165, 1.54) is 20.2 Å². The van der Waals surface area contributed by atoms with Crippen LogP contribution in [0.2, 0.25) is 0 Å². The fourth-order valence-electron chi connectivity index (χ4n) is 3.38. The van der Waals surface area contributed by atoms with Gasteiger partial charge in [-0.15, -0.1) is 0 Å². The molecular formula is C25H30NOS+. The molecule has 0 saturated carbocycles. The minimum Gasteiger partial charge on any atom is -0.395 e. The van der Waals surface area contributed by atoms with Crippen LogP contribution >= 0.6 is 0 Å². The Bertz CT molecular complexity index is 798. The lowest BCUT2D eigenvalue weighted by molar-refractivity contribution is 0.128. The highest BCUT2D eigenvalue weighted by molar-refractivity contribution is 7.97. The molecule has 1 N–H and O–H groups in total. The summed E-state index contributed by atoms with van der Waals surface area (Å²) in [5.74, 6) is 0. The molecule has 0 saturated heterocycles. The van der Waals surface area contributed by atoms with Gasteiger partial charge in [-0.25, -0.2) is 0 Å². The largest absolute Gasteiger partial charge is 0.395 e. The predicted molar refractivity (Wildman–Crippen MR) is 119 cm³/mol. The Morgan fingerprint density at radius 3 is 1.93 bits per heavy atom. The molecule has 2 nitrogen and oxygen atoms in total. The van der Waals surface area contributed by atoms with Crippen LogP contribution in [-0.4, -0.2) is 29.2 Å². The van der Waals surface area contributed by atoms with E-state index < -0.39 is 0 Å². The summed E-state index contributed by atoms with van der Waals surface area (Å²) in [5.41, 5.74) is 1.30. The van der Waals surface area contributed by atoms with Crippen molar-refractivity contribution in [3.8, 4) is 0 Å². The quantitative estimate of drug-likeness (QED) is 0.495. The van der Waals surface area contributed by atoms with E-state index in [-0.39, 0.29) is 23.5 Å². The molecule has 3 rings (SSSR count). The molecule has 28 heavy (non-hydrogen) atoms. The van der Waals surface area contributed by atoms with E-state index in [1.807, 2.05) is 0 Å². The summed E-state index contributed by atoms with van der Waals surface area (Å²) in [6.07, 6.45) is 1.09. The van der Waals surface area contributed by atoms with Gasteiger partial charge in [-0.2, -0.15) is 0 Å². The van der Waals surface area contributed by atoms with Crippen LogP contribution in [0.25, 0.3) is 0 Å². The van der Waals surface area contributed by atoms with Crippen molar-refractivity contribution in [1.82, 2.24) is 4.90 Å². The van der Waals surface area contributed by atoms with Crippen molar-refractivity contribution in [2.75, 3.05) is 13.2 Å². The van der Waals surface area contributed by atoms with Gasteiger partial charge in [0.15, 0.2) is 14.7 Å². The van der Waals surface area contributed by atoms with Gasteiger partial charge in [0.05, 0.1) is 17.5 Å². The van der Waals surface area contributed by atoms with E-state index in [0.717, 1.165) is 19.5 Å². The van der Waals surface area contributed by atoms with Crippen molar-refractivity contribution in [2.24, 2.45) is 0 Å². The Hall–Kier alpha value is -2.07. The number of hydrogen-bond donors (Lipinski definition) is 1. The second-order valence-electron chi connectivity index (χ2n) is 7.08. The summed E-state index contributed by atoms with van der Waals surface area (Å²) in [6, 6.07) is 30.6. The Morgan fingerprint density at radius 1 is 0.821 bits per heavy atom. The molecule has 0 aliphatic heterocycles. The Morgan fingerprint density at radius 2 is 1.39 bits per heavy atom. The van der Waals surface area contributed by atoms with Crippen molar-refractivity contribution in [1.29, 1.82) is 0 Å². The third-order valence-corrected chi connectivity index (χ3v) is 7.09. The molecule has 0 aliphatic carbocycles. The van der Waals surface area contributed by atoms with Gasteiger partial charge in [0, 0.05) is 12.6 Å². The zero-order valence-electron chi connectivity index (χ0n) is 16.8. The zero-order chi connectivity index (χ0) is 19.8. The predicted octanol–water partition coefficient (Wildman–Crippen LogP) is 5.37. The van der Waals surface area contributed by atoms with Gasteiger partial charge < -0.3 is 5.11 Å². The van der Waals surface area contributed by atoms with Crippen molar-refractivity contribution in [2.45, 2.75) is 47.5 Å². The monoisotopic (exact) mass is 392 g/mol. The molecule has 1 atom stereocenters. The first-order chi connectivity index (χ1) is 13.7. The summed E-state index contributed by atoms with van der Waals surface area (Å²) in [6.45, 7) is 6.34. The summed E-state index contributed by atoms with van der Waals surface area (Å²) in [4.78, 5) is 6.37. The molecule has 0 aliphatic rings. The number of aliphatic hydroxyl groups excluding tert-OH is 1. The Kier molecular flexibility index (Phi) is 7.72. The highest BCUT2D eigenvalue weighted by atomic mass is 32.2. The number of nitrogens with zero attached hydrogens (tertiary/aromatic N) is 1. The van der Waals surface area contributed by atoms with E-state index in [0.29, 0.717) is 0 Å². The molecule has 0 aromatic heterocycles. The highest BCUT2D eigenvalue weighted by Crippen LogP contribution is 2.31. The van der Waals surface area contributed by atoms with Crippen molar-refractivity contribution >= 4 is 10.9 Å². The Balaban J connectivity index is 1.95. The van der Waals surface area contributed by atoms with Crippen LogP contribution in [0.3, 0.4) is 0 Å². The van der Waals surface area contributed by atoms with E-state index in [1.54, 1.807) is 0 Å². The van der Waals surface area contributed by atoms with Gasteiger partial charge in [0.2, 0.25) is 0 Å². The summed E-state index contributed by atoms with van der Waals surface area (Å²) in [5, 5.41) is 9.61. The fraction of sp³-hybridized carbons (Fsp3) is 0.280. The molecule has 1 unspecified atom stereocenters. The lowest BCUT2D eigenvalue weighted by Gasteiger charge is -2.27. The second-order valence-corrected chi connectivity index (χ2v) is 9.11. The first kappa shape index (κ1) is 20.7. The topological polar surface area (TPSA) is 23.5 Å². The first-order valence-electron chi connectivity index (χ1n) is 10.0. The fourth-order valence-corrected chi connectivity index (χ4v) is 5.54. The maximum Gasteiger partial charge on any atom is 0.166 e. The minimum absolute atomic E-state index is 0.124. The third kappa shape index (κ3) is 5.26. The molecule has 146 valence electrons. The number of benzene rings is 3. The molecular weight excluding hydrogens is 362 g/mol. The third-order valence-electron chi connectivity index (χ3n) is 4.88. The van der Waals surface area contributed by atoms with Gasteiger partial charge in [-0.1, -0.05) is 55.5 Å². The molecule has 0 amide bonds. The average Bonchev–Trinajstić information content (AvgIpc) is 2.75. The summed E-state index contributed by atoms with van der Waals surface area (Å²) < 4.78 is 0. The van der Waals surface area contributed by atoms with E-state index in [9.17, 15) is 5.11 Å². The van der Waals surface area contributed by atoms with Crippen molar-refractivity contribution in [3.63, 3.8) is 0 Å². The SMILES string of the molecule is CCCN(Cc1cccc([S+](c2ccccc2)c2ccccc2)c1)C(C)CO. The standard InChI is InChI=1S/C25H30NOS/c1-3-17-26(21(2)20-27)19-22-11-10-16-25(18-22)28(23-12-6-4-7-13-23)24-14-8-5-9-15-24/h4-16,18,21,27H,3,17,19-20H2,1-2H3/q+1. The molecule has 0 heterocycles. The van der Waals surface area contributed by atoms with Crippen LogP contribution in [0.15, 0.2) is 99.6 Å². The minimum atomic E-state index is -0.124. The normalized spacial score (nSPS) is 12.5. The van der Waals surface area contributed by atoms with Crippen molar-refractivity contribution in [3.05, 3.63) is 90.5 Å². The van der Waals surface area contributed by atoms with Gasteiger partial charge >= 0.3 is 0 Å². The lowest BCUT2D eigenvalue weighted by Crippen LogP contribution is -2.35. The number of rotatable bonds is 9. The lowest BCUT2D eigenvalue weighted by atomic mass is 10.1. The molecule has 3 aromatic carbocycles. The van der Waals surface area contributed by atoms with E-state index in [4.69, 9.17) is 0 Å². The van der Waals surface area contributed by atoms with Gasteiger partial charge in [-0.3, -0.25) is 4.90 Å². The molecule has 0 bridgehead atoms. The second kappa shape index (κ2) is 10.5. The first-order valence-corrected chi connectivity index (χ1v) is 11.2. The van der Waals surface area contributed by atoms with Gasteiger partial charge in [0.1, 0.15) is 0 Å². The van der Waals surface area contributed by atoms with Crippen molar-refractivity contribution < 1.29 is 5.11 Å². The Labute approximate surface area is 172 Å². The summed E-state index contributed by atoms with van der Waals surface area (Å²) >= 11 is 0. The highest BCUT2D eigenvalue weighted by Gasteiger charge is 2.28. The van der Waals surface area contributed by atoms with Crippen LogP contribution < -0.4 is 0 Å². The molecule has 3 heteroatoms. The molecule has 0 spiro atoms. The molecule has 0 radical (unpaired) electrons. The van der Waals surface area contributed by atoms with Gasteiger partial charge in [0.25, 0.3) is 0 Å². The molecule has 0 fully saturated rings. The van der Waals surface area contributed by atoms with E-state index >= 15 is 0 Å². The number of aliphatic hydroxyl groups is 1. The van der Waals surface area contributed by atoms with Crippen LogP contribution in [0.4, 0.5) is 0 Å². The van der Waals surface area contributed by atoms with Crippen LogP contribution in [0.5, 0.6) is 0 Å². The van der Waals surface area contributed by atoms with Crippen LogP contribution in [0.1, 0.15) is 25.8 Å².